The summed E-state index contributed by atoms with van der Waals surface area (Å²) in [7, 11) is 0. The molecule has 0 saturated carbocycles. The molecule has 16 heavy (non-hydrogen) atoms. The minimum absolute atomic E-state index is 0.433. The first-order valence-electron chi connectivity index (χ1n) is 4.80. The molecule has 1 unspecified atom stereocenters. The maximum absolute atomic E-state index is 9.90. The molecule has 1 atom stereocenters. The summed E-state index contributed by atoms with van der Waals surface area (Å²) in [4.78, 5) is 12.0. The quantitative estimate of drug-likeness (QED) is 0.933. The van der Waals surface area contributed by atoms with Crippen LogP contribution < -0.4 is 0 Å². The second kappa shape index (κ2) is 5.14. The largest absolute Gasteiger partial charge is 0.385 e. The van der Waals surface area contributed by atoms with Gasteiger partial charge in [-0.05, 0) is 33.6 Å². The van der Waals surface area contributed by atoms with Crippen molar-refractivity contribution in [2.45, 2.75) is 12.5 Å². The Morgan fingerprint density at radius 3 is 2.69 bits per heavy atom. The summed E-state index contributed by atoms with van der Waals surface area (Å²) in [6.07, 6.45) is 6.41. The topological polar surface area (TPSA) is 58.9 Å². The van der Waals surface area contributed by atoms with E-state index in [2.05, 4.69) is 30.9 Å². The first kappa shape index (κ1) is 11.2. The Hall–Kier alpha value is -1.33. The van der Waals surface area contributed by atoms with Gasteiger partial charge in [0.05, 0.1) is 0 Å². The van der Waals surface area contributed by atoms with Crippen molar-refractivity contribution in [2.24, 2.45) is 0 Å². The van der Waals surface area contributed by atoms with E-state index < -0.39 is 6.10 Å². The van der Waals surface area contributed by atoms with Gasteiger partial charge in [-0.25, -0.2) is 9.97 Å². The van der Waals surface area contributed by atoms with E-state index in [0.29, 0.717) is 12.2 Å². The van der Waals surface area contributed by atoms with Crippen LogP contribution in [0, 0.1) is 0 Å². The van der Waals surface area contributed by atoms with E-state index in [1.54, 1.807) is 30.9 Å². The SMILES string of the molecule is OC(Cc1cncc(Br)c1)c1ncccn1. The average molecular weight is 280 g/mol. The summed E-state index contributed by atoms with van der Waals surface area (Å²) < 4.78 is 0.895. The lowest BCUT2D eigenvalue weighted by atomic mass is 10.1. The lowest BCUT2D eigenvalue weighted by molar-refractivity contribution is 0.168. The van der Waals surface area contributed by atoms with Crippen LogP contribution in [0.4, 0.5) is 0 Å². The molecule has 0 aliphatic carbocycles. The Morgan fingerprint density at radius 2 is 2.00 bits per heavy atom. The van der Waals surface area contributed by atoms with E-state index in [1.807, 2.05) is 6.07 Å². The molecule has 2 aromatic rings. The second-order valence-corrected chi connectivity index (χ2v) is 4.25. The maximum atomic E-state index is 9.90. The van der Waals surface area contributed by atoms with Gasteiger partial charge in [0, 0.05) is 35.7 Å². The third kappa shape index (κ3) is 2.84. The molecule has 0 aromatic carbocycles. The molecule has 0 aliphatic heterocycles. The molecule has 0 radical (unpaired) electrons. The number of hydrogen-bond acceptors (Lipinski definition) is 4. The highest BCUT2D eigenvalue weighted by molar-refractivity contribution is 9.10. The van der Waals surface area contributed by atoms with E-state index in [-0.39, 0.29) is 0 Å². The molecule has 1 N–H and O–H groups in total. The number of hydrogen-bond donors (Lipinski definition) is 1. The molecule has 2 heterocycles. The van der Waals surface area contributed by atoms with Gasteiger partial charge in [0.15, 0.2) is 5.82 Å². The zero-order valence-corrected chi connectivity index (χ0v) is 10.0. The summed E-state index contributed by atoms with van der Waals surface area (Å²) in [5.74, 6) is 0.433. The van der Waals surface area contributed by atoms with E-state index in [9.17, 15) is 5.11 Å². The first-order valence-corrected chi connectivity index (χ1v) is 5.59. The number of aliphatic hydroxyl groups excluding tert-OH is 1. The summed E-state index contributed by atoms with van der Waals surface area (Å²) >= 11 is 3.33. The summed E-state index contributed by atoms with van der Waals surface area (Å²) in [5, 5.41) is 9.90. The zero-order valence-electron chi connectivity index (χ0n) is 8.42. The Labute approximate surface area is 102 Å². The average Bonchev–Trinajstić information content (AvgIpc) is 2.30. The monoisotopic (exact) mass is 279 g/mol. The van der Waals surface area contributed by atoms with Gasteiger partial charge in [-0.15, -0.1) is 0 Å². The summed E-state index contributed by atoms with van der Waals surface area (Å²) in [6.45, 7) is 0. The molecular formula is C11H10BrN3O. The van der Waals surface area contributed by atoms with Crippen molar-refractivity contribution in [2.75, 3.05) is 0 Å². The van der Waals surface area contributed by atoms with E-state index in [0.717, 1.165) is 10.0 Å². The number of pyridine rings is 1. The third-order valence-corrected chi connectivity index (χ3v) is 2.51. The smallest absolute Gasteiger partial charge is 0.157 e. The van der Waals surface area contributed by atoms with Gasteiger partial charge in [0.1, 0.15) is 6.10 Å². The van der Waals surface area contributed by atoms with Crippen LogP contribution in [0.1, 0.15) is 17.5 Å². The van der Waals surface area contributed by atoms with E-state index in [4.69, 9.17) is 0 Å². The van der Waals surface area contributed by atoms with Crippen LogP contribution >= 0.6 is 15.9 Å². The van der Waals surface area contributed by atoms with Crippen molar-refractivity contribution < 1.29 is 5.11 Å². The number of aromatic nitrogens is 3. The zero-order chi connectivity index (χ0) is 11.4. The van der Waals surface area contributed by atoms with Crippen LogP contribution in [0.5, 0.6) is 0 Å². The van der Waals surface area contributed by atoms with Crippen molar-refractivity contribution >= 4 is 15.9 Å². The van der Waals surface area contributed by atoms with E-state index in [1.165, 1.54) is 0 Å². The van der Waals surface area contributed by atoms with Gasteiger partial charge in [-0.2, -0.15) is 0 Å². The Kier molecular flexibility index (Phi) is 3.58. The number of nitrogens with zero attached hydrogens (tertiary/aromatic N) is 3. The van der Waals surface area contributed by atoms with Gasteiger partial charge >= 0.3 is 0 Å². The number of halogens is 1. The summed E-state index contributed by atoms with van der Waals surface area (Å²) in [6, 6.07) is 3.63. The van der Waals surface area contributed by atoms with Crippen LogP contribution in [0.25, 0.3) is 0 Å². The third-order valence-electron chi connectivity index (χ3n) is 2.07. The van der Waals surface area contributed by atoms with Crippen molar-refractivity contribution in [3.63, 3.8) is 0 Å². The fraction of sp³-hybridized carbons (Fsp3) is 0.182. The van der Waals surface area contributed by atoms with Gasteiger partial charge in [0.25, 0.3) is 0 Å². The molecule has 82 valence electrons. The minimum atomic E-state index is -0.697. The maximum Gasteiger partial charge on any atom is 0.157 e. The van der Waals surface area contributed by atoms with Crippen LogP contribution in [0.2, 0.25) is 0 Å². The summed E-state index contributed by atoms with van der Waals surface area (Å²) in [5.41, 5.74) is 0.939. The predicted octanol–water partition coefficient (Wildman–Crippen LogP) is 1.91. The van der Waals surface area contributed by atoms with Gasteiger partial charge < -0.3 is 5.11 Å². The van der Waals surface area contributed by atoms with E-state index >= 15 is 0 Å². The molecule has 0 bridgehead atoms. The van der Waals surface area contributed by atoms with Crippen molar-refractivity contribution in [3.05, 3.63) is 52.8 Å². The molecule has 0 amide bonds. The molecule has 2 aromatic heterocycles. The van der Waals surface area contributed by atoms with Crippen LogP contribution in [0.3, 0.4) is 0 Å². The highest BCUT2D eigenvalue weighted by Gasteiger charge is 2.11. The molecule has 5 heteroatoms. The molecule has 0 aliphatic rings. The predicted molar refractivity (Wildman–Crippen MR) is 62.6 cm³/mol. The Morgan fingerprint density at radius 1 is 1.25 bits per heavy atom. The number of aliphatic hydroxyl groups is 1. The lowest BCUT2D eigenvalue weighted by Gasteiger charge is -2.08. The van der Waals surface area contributed by atoms with Gasteiger partial charge in [0.2, 0.25) is 0 Å². The number of rotatable bonds is 3. The fourth-order valence-corrected chi connectivity index (χ4v) is 1.78. The van der Waals surface area contributed by atoms with Gasteiger partial charge in [-0.3, -0.25) is 4.98 Å². The van der Waals surface area contributed by atoms with Crippen LogP contribution in [-0.4, -0.2) is 20.1 Å². The minimum Gasteiger partial charge on any atom is -0.385 e. The lowest BCUT2D eigenvalue weighted by Crippen LogP contribution is -2.06. The fourth-order valence-electron chi connectivity index (χ4n) is 1.36. The molecular weight excluding hydrogens is 270 g/mol. The second-order valence-electron chi connectivity index (χ2n) is 3.34. The van der Waals surface area contributed by atoms with Crippen LogP contribution in [-0.2, 0) is 6.42 Å². The molecule has 2 rings (SSSR count). The molecule has 0 fully saturated rings. The van der Waals surface area contributed by atoms with Crippen molar-refractivity contribution in [1.29, 1.82) is 0 Å². The standard InChI is InChI=1S/C11H10BrN3O/c12-9-4-8(6-13-7-9)5-10(16)11-14-2-1-3-15-11/h1-4,6-7,10,16H,5H2. The Balaban J connectivity index is 2.11. The van der Waals surface area contributed by atoms with Gasteiger partial charge in [-0.1, -0.05) is 0 Å². The highest BCUT2D eigenvalue weighted by atomic mass is 79.9. The van der Waals surface area contributed by atoms with Crippen molar-refractivity contribution in [3.8, 4) is 0 Å². The molecule has 4 nitrogen and oxygen atoms in total. The Bertz CT molecular complexity index is 464. The van der Waals surface area contributed by atoms with Crippen LogP contribution in [0.15, 0.2) is 41.4 Å². The normalized spacial score (nSPS) is 12.4. The first-order chi connectivity index (χ1) is 7.75. The highest BCUT2D eigenvalue weighted by Crippen LogP contribution is 2.16. The van der Waals surface area contributed by atoms with Crippen molar-refractivity contribution in [1.82, 2.24) is 15.0 Å². The molecule has 0 spiro atoms. The molecule has 0 saturated heterocycles.